The van der Waals surface area contributed by atoms with Crippen molar-refractivity contribution in [2.75, 3.05) is 7.11 Å². The van der Waals surface area contributed by atoms with Crippen LogP contribution in [-0.2, 0) is 20.7 Å². The van der Waals surface area contributed by atoms with Crippen LogP contribution in [0.15, 0.2) is 12.1 Å². The molecular weight excluding hydrogens is 288 g/mol. The lowest BCUT2D eigenvalue weighted by atomic mass is 9.67. The molecule has 1 fully saturated rings. The highest BCUT2D eigenvalue weighted by molar-refractivity contribution is 6.04. The predicted molar refractivity (Wildman–Crippen MR) is 91.4 cm³/mol. The molecule has 23 heavy (non-hydrogen) atoms. The third-order valence-electron chi connectivity index (χ3n) is 5.42. The van der Waals surface area contributed by atoms with E-state index in [-0.39, 0.29) is 11.8 Å². The van der Waals surface area contributed by atoms with Crippen LogP contribution in [0.5, 0.6) is 0 Å². The van der Waals surface area contributed by atoms with E-state index in [0.29, 0.717) is 25.2 Å². The third-order valence-corrected chi connectivity index (χ3v) is 5.42. The normalized spacial score (nSPS) is 24.3. The topological polar surface area (TPSA) is 43.4 Å². The summed E-state index contributed by atoms with van der Waals surface area (Å²) in [4.78, 5) is 25.5. The Bertz CT molecular complexity index is 584. The van der Waals surface area contributed by atoms with Gasteiger partial charge in [0.2, 0.25) is 0 Å². The van der Waals surface area contributed by atoms with E-state index in [2.05, 4.69) is 26.0 Å². The van der Waals surface area contributed by atoms with Gasteiger partial charge in [0.05, 0.1) is 7.11 Å². The van der Waals surface area contributed by atoms with Crippen molar-refractivity contribution in [3.63, 3.8) is 0 Å². The number of ketones is 1. The number of carbonyl (C=O) groups excluding carboxylic acids is 2. The number of ether oxygens (including phenoxy) is 1. The maximum absolute atomic E-state index is 13.1. The van der Waals surface area contributed by atoms with Gasteiger partial charge in [-0.05, 0) is 69.1 Å². The molecule has 0 atom stereocenters. The Balaban J connectivity index is 2.31. The first-order chi connectivity index (χ1) is 10.8. The third kappa shape index (κ3) is 3.49. The van der Waals surface area contributed by atoms with Crippen LogP contribution in [-0.4, -0.2) is 18.9 Å². The van der Waals surface area contributed by atoms with Crippen molar-refractivity contribution in [2.24, 2.45) is 11.3 Å². The van der Waals surface area contributed by atoms with Crippen LogP contribution in [0, 0.1) is 32.1 Å². The summed E-state index contributed by atoms with van der Waals surface area (Å²) in [7, 11) is 1.39. The minimum absolute atomic E-state index is 0.0197. The number of hydrogen-bond acceptors (Lipinski definition) is 3. The van der Waals surface area contributed by atoms with Gasteiger partial charge in [0.15, 0.2) is 5.78 Å². The van der Waals surface area contributed by atoms with Crippen LogP contribution in [0.1, 0.15) is 54.9 Å². The van der Waals surface area contributed by atoms with Gasteiger partial charge in [-0.15, -0.1) is 0 Å². The molecule has 0 saturated heterocycles. The van der Waals surface area contributed by atoms with E-state index in [1.165, 1.54) is 12.7 Å². The fourth-order valence-corrected chi connectivity index (χ4v) is 3.87. The van der Waals surface area contributed by atoms with E-state index < -0.39 is 5.41 Å². The molecule has 0 radical (unpaired) electrons. The van der Waals surface area contributed by atoms with Crippen LogP contribution >= 0.6 is 0 Å². The maximum Gasteiger partial charge on any atom is 0.319 e. The zero-order chi connectivity index (χ0) is 17.2. The summed E-state index contributed by atoms with van der Waals surface area (Å²) in [5.74, 6) is 0.242. The molecular formula is C20H28O3. The van der Waals surface area contributed by atoms with Gasteiger partial charge in [0.1, 0.15) is 5.41 Å². The van der Waals surface area contributed by atoms with E-state index in [1.54, 1.807) is 0 Å². The summed E-state index contributed by atoms with van der Waals surface area (Å²) in [6.45, 7) is 8.32. The van der Waals surface area contributed by atoms with Crippen molar-refractivity contribution >= 4 is 11.8 Å². The van der Waals surface area contributed by atoms with Gasteiger partial charge in [-0.2, -0.15) is 0 Å². The highest BCUT2D eigenvalue weighted by Crippen LogP contribution is 2.41. The fourth-order valence-electron chi connectivity index (χ4n) is 3.87. The summed E-state index contributed by atoms with van der Waals surface area (Å²) in [5.41, 5.74) is 3.57. The van der Waals surface area contributed by atoms with Crippen LogP contribution in [0.25, 0.3) is 0 Å². The molecule has 126 valence electrons. The lowest BCUT2D eigenvalue weighted by Gasteiger charge is -2.35. The number of rotatable bonds is 4. The van der Waals surface area contributed by atoms with E-state index >= 15 is 0 Å². The van der Waals surface area contributed by atoms with E-state index in [0.717, 1.165) is 29.5 Å². The molecule has 1 aliphatic rings. The fraction of sp³-hybridized carbons (Fsp3) is 0.600. The Morgan fingerprint density at radius 2 is 1.65 bits per heavy atom. The number of esters is 1. The first kappa shape index (κ1) is 17.7. The molecule has 1 aliphatic carbocycles. The van der Waals surface area contributed by atoms with Gasteiger partial charge in [0.25, 0.3) is 0 Å². The highest BCUT2D eigenvalue weighted by Gasteiger charge is 2.48. The summed E-state index contributed by atoms with van der Waals surface area (Å²) in [6.07, 6.45) is 3.37. The molecule has 0 heterocycles. The van der Waals surface area contributed by atoms with E-state index in [9.17, 15) is 9.59 Å². The van der Waals surface area contributed by atoms with Crippen LogP contribution in [0.2, 0.25) is 0 Å². The Labute approximate surface area is 139 Å². The van der Waals surface area contributed by atoms with Gasteiger partial charge in [-0.1, -0.05) is 24.6 Å². The van der Waals surface area contributed by atoms with Gasteiger partial charge in [-0.25, -0.2) is 0 Å². The first-order valence-corrected chi connectivity index (χ1v) is 8.48. The lowest BCUT2D eigenvalue weighted by molar-refractivity contribution is -0.160. The quantitative estimate of drug-likeness (QED) is 0.620. The molecule has 0 spiro atoms. The van der Waals surface area contributed by atoms with Gasteiger partial charge >= 0.3 is 5.97 Å². The summed E-state index contributed by atoms with van der Waals surface area (Å²) in [5, 5.41) is 0. The minimum Gasteiger partial charge on any atom is -0.468 e. The first-order valence-electron chi connectivity index (χ1n) is 8.48. The average molecular weight is 316 g/mol. The number of aryl methyl sites for hydroxylation is 3. The largest absolute Gasteiger partial charge is 0.468 e. The summed E-state index contributed by atoms with van der Waals surface area (Å²) < 4.78 is 5.01. The lowest BCUT2D eigenvalue weighted by Crippen LogP contribution is -2.44. The van der Waals surface area contributed by atoms with Crippen molar-refractivity contribution in [2.45, 2.75) is 59.8 Å². The Morgan fingerprint density at radius 3 is 2.13 bits per heavy atom. The molecule has 0 N–H and O–H groups in total. The van der Waals surface area contributed by atoms with Crippen molar-refractivity contribution in [1.82, 2.24) is 0 Å². The molecule has 3 nitrogen and oxygen atoms in total. The SMILES string of the molecule is COC(=O)C1(C(=O)Cc2c(C)cc(C)cc2C)CCC(C)CC1. The van der Waals surface area contributed by atoms with Gasteiger partial charge in [-0.3, -0.25) is 9.59 Å². The van der Waals surface area contributed by atoms with Crippen molar-refractivity contribution in [3.05, 3.63) is 34.4 Å². The second-order valence-electron chi connectivity index (χ2n) is 7.23. The summed E-state index contributed by atoms with van der Waals surface area (Å²) >= 11 is 0. The van der Waals surface area contributed by atoms with E-state index in [1.807, 2.05) is 13.8 Å². The molecule has 1 aromatic carbocycles. The molecule has 0 aromatic heterocycles. The second-order valence-corrected chi connectivity index (χ2v) is 7.23. The zero-order valence-electron chi connectivity index (χ0n) is 15.0. The number of methoxy groups -OCH3 is 1. The Kier molecular flexibility index (Phi) is 5.28. The van der Waals surface area contributed by atoms with Gasteiger partial charge in [0, 0.05) is 6.42 Å². The minimum atomic E-state index is -0.939. The monoisotopic (exact) mass is 316 g/mol. The Morgan fingerprint density at radius 1 is 1.13 bits per heavy atom. The summed E-state index contributed by atoms with van der Waals surface area (Å²) in [6, 6.07) is 4.20. The van der Waals surface area contributed by atoms with Crippen molar-refractivity contribution in [1.29, 1.82) is 0 Å². The van der Waals surface area contributed by atoms with Crippen molar-refractivity contribution in [3.8, 4) is 0 Å². The number of carbonyl (C=O) groups is 2. The van der Waals surface area contributed by atoms with Gasteiger partial charge < -0.3 is 4.74 Å². The molecule has 2 rings (SSSR count). The van der Waals surface area contributed by atoms with Crippen LogP contribution < -0.4 is 0 Å². The molecule has 0 aliphatic heterocycles. The maximum atomic E-state index is 13.1. The molecule has 3 heteroatoms. The molecule has 1 saturated carbocycles. The molecule has 1 aromatic rings. The van der Waals surface area contributed by atoms with Crippen molar-refractivity contribution < 1.29 is 14.3 Å². The smallest absolute Gasteiger partial charge is 0.319 e. The Hall–Kier alpha value is -1.64. The zero-order valence-corrected chi connectivity index (χ0v) is 15.0. The second kappa shape index (κ2) is 6.86. The highest BCUT2D eigenvalue weighted by atomic mass is 16.5. The number of hydrogen-bond donors (Lipinski definition) is 0. The molecule has 0 amide bonds. The van der Waals surface area contributed by atoms with Crippen LogP contribution in [0.3, 0.4) is 0 Å². The molecule has 0 unspecified atom stereocenters. The standard InChI is InChI=1S/C20H28O3/c1-13-6-8-20(9-7-13,19(22)23-5)18(21)12-17-15(3)10-14(2)11-16(17)4/h10-11,13H,6-9,12H2,1-5H3. The molecule has 0 bridgehead atoms. The number of benzene rings is 1. The predicted octanol–water partition coefficient (Wildman–Crippen LogP) is 4.09. The van der Waals surface area contributed by atoms with Crippen LogP contribution in [0.4, 0.5) is 0 Å². The average Bonchev–Trinajstić information content (AvgIpc) is 2.50. The van der Waals surface area contributed by atoms with E-state index in [4.69, 9.17) is 4.74 Å². The number of Topliss-reactive ketones (excluding diaryl/α,β-unsaturated/α-hetero) is 1.